The zero-order valence-electron chi connectivity index (χ0n) is 17.9. The second-order valence-corrected chi connectivity index (χ2v) is 8.26. The smallest absolute Gasteiger partial charge is 0.138 e. The van der Waals surface area contributed by atoms with Crippen molar-refractivity contribution in [1.82, 2.24) is 0 Å². The van der Waals surface area contributed by atoms with Gasteiger partial charge in [0.05, 0.1) is 0 Å². The first-order valence-corrected chi connectivity index (χ1v) is 10.9. The van der Waals surface area contributed by atoms with Crippen LogP contribution in [0.1, 0.15) is 5.56 Å². The summed E-state index contributed by atoms with van der Waals surface area (Å²) in [7, 11) is 0. The van der Waals surface area contributed by atoms with Crippen molar-refractivity contribution < 1.29 is 4.42 Å². The molecule has 0 saturated carbocycles. The molecule has 0 spiro atoms. The lowest BCUT2D eigenvalue weighted by molar-refractivity contribution is 0.666. The summed E-state index contributed by atoms with van der Waals surface area (Å²) in [6.07, 6.45) is 0. The van der Waals surface area contributed by atoms with Crippen LogP contribution in [0, 0.1) is 6.92 Å². The molecule has 0 saturated heterocycles. The average molecular weight is 411 g/mol. The van der Waals surface area contributed by atoms with Crippen LogP contribution in [0.2, 0.25) is 0 Å². The van der Waals surface area contributed by atoms with Crippen LogP contribution < -0.4 is 0 Å². The first-order valence-electron chi connectivity index (χ1n) is 10.9. The van der Waals surface area contributed by atoms with Crippen LogP contribution in [0.5, 0.6) is 0 Å². The number of rotatable bonds is 3. The third-order valence-corrected chi connectivity index (χ3v) is 6.20. The van der Waals surface area contributed by atoms with Crippen molar-refractivity contribution in [2.75, 3.05) is 0 Å². The molecule has 1 aromatic heterocycles. The largest absolute Gasteiger partial charge is 0.456 e. The summed E-state index contributed by atoms with van der Waals surface area (Å²) in [4.78, 5) is 0. The molecule has 1 heteroatoms. The minimum atomic E-state index is 0.935. The monoisotopic (exact) mass is 410 g/mol. The summed E-state index contributed by atoms with van der Waals surface area (Å²) in [5, 5.41) is 2.36. The zero-order valence-corrected chi connectivity index (χ0v) is 17.9. The molecule has 0 aliphatic carbocycles. The lowest BCUT2D eigenvalue weighted by Gasteiger charge is -2.10. The molecule has 0 aliphatic heterocycles. The van der Waals surface area contributed by atoms with Crippen LogP contribution >= 0.6 is 0 Å². The molecular weight excluding hydrogens is 388 g/mol. The molecule has 0 bridgehead atoms. The van der Waals surface area contributed by atoms with Crippen molar-refractivity contribution in [3.8, 4) is 33.4 Å². The van der Waals surface area contributed by atoms with Gasteiger partial charge in [-0.2, -0.15) is 0 Å². The fraction of sp³-hybridized carbons (Fsp3) is 0.0323. The van der Waals surface area contributed by atoms with Crippen molar-refractivity contribution in [1.29, 1.82) is 0 Å². The van der Waals surface area contributed by atoms with E-state index in [-0.39, 0.29) is 0 Å². The topological polar surface area (TPSA) is 13.1 Å². The van der Waals surface area contributed by atoms with Crippen molar-refractivity contribution in [2.45, 2.75) is 6.92 Å². The van der Waals surface area contributed by atoms with Gasteiger partial charge in [0.1, 0.15) is 11.2 Å². The van der Waals surface area contributed by atoms with E-state index in [2.05, 4.69) is 110 Å². The molecule has 0 unspecified atom stereocenters. The Morgan fingerprint density at radius 1 is 0.500 bits per heavy atom. The lowest BCUT2D eigenvalue weighted by Crippen LogP contribution is -1.85. The van der Waals surface area contributed by atoms with Gasteiger partial charge in [-0.1, -0.05) is 97.1 Å². The molecule has 32 heavy (non-hydrogen) atoms. The van der Waals surface area contributed by atoms with Gasteiger partial charge >= 0.3 is 0 Å². The Hall–Kier alpha value is -4.10. The summed E-state index contributed by atoms with van der Waals surface area (Å²) in [5.41, 5.74) is 10.4. The summed E-state index contributed by atoms with van der Waals surface area (Å²) >= 11 is 0. The Morgan fingerprint density at radius 2 is 1.09 bits per heavy atom. The van der Waals surface area contributed by atoms with Crippen LogP contribution in [0.15, 0.2) is 120 Å². The van der Waals surface area contributed by atoms with E-state index in [9.17, 15) is 0 Å². The van der Waals surface area contributed by atoms with Gasteiger partial charge in [-0.05, 0) is 64.1 Å². The second kappa shape index (κ2) is 7.55. The van der Waals surface area contributed by atoms with Crippen LogP contribution in [0.25, 0.3) is 55.3 Å². The van der Waals surface area contributed by atoms with E-state index in [1.54, 1.807) is 0 Å². The fourth-order valence-corrected chi connectivity index (χ4v) is 4.57. The molecule has 0 N–H and O–H groups in total. The van der Waals surface area contributed by atoms with E-state index >= 15 is 0 Å². The highest BCUT2D eigenvalue weighted by Gasteiger charge is 2.14. The summed E-state index contributed by atoms with van der Waals surface area (Å²) in [6.45, 7) is 2.11. The molecule has 0 fully saturated rings. The fourth-order valence-electron chi connectivity index (χ4n) is 4.57. The highest BCUT2D eigenvalue weighted by Crippen LogP contribution is 2.39. The molecule has 6 rings (SSSR count). The normalized spacial score (nSPS) is 11.3. The summed E-state index contributed by atoms with van der Waals surface area (Å²) in [6, 6.07) is 40.8. The van der Waals surface area contributed by atoms with E-state index in [1.807, 2.05) is 12.1 Å². The van der Waals surface area contributed by atoms with E-state index < -0.39 is 0 Å². The SMILES string of the molecule is Cc1ccc(-c2cccc(-c3cccc(-c4ccccc4)c3)c2)c2c1oc1ccccc12. The third-order valence-electron chi connectivity index (χ3n) is 6.20. The van der Waals surface area contributed by atoms with Gasteiger partial charge in [-0.25, -0.2) is 0 Å². The minimum Gasteiger partial charge on any atom is -0.456 e. The minimum absolute atomic E-state index is 0.935. The number of para-hydroxylation sites is 1. The Labute approximate surface area is 187 Å². The highest BCUT2D eigenvalue weighted by molar-refractivity contribution is 6.13. The Morgan fingerprint density at radius 3 is 1.88 bits per heavy atom. The Bertz CT molecular complexity index is 1570. The van der Waals surface area contributed by atoms with Gasteiger partial charge in [-0.3, -0.25) is 0 Å². The standard InChI is InChI=1S/C31H22O/c1-21-17-18-27(30-28-15-5-6-16-29(28)32-31(21)30)26-14-8-13-25(20-26)24-12-7-11-23(19-24)22-9-3-2-4-10-22/h2-20H,1H3. The zero-order chi connectivity index (χ0) is 21.5. The third kappa shape index (κ3) is 3.11. The van der Waals surface area contributed by atoms with Crippen molar-refractivity contribution >= 4 is 21.9 Å². The van der Waals surface area contributed by atoms with Crippen LogP contribution in [0.3, 0.4) is 0 Å². The molecule has 0 amide bonds. The van der Waals surface area contributed by atoms with Gasteiger partial charge in [0, 0.05) is 10.8 Å². The van der Waals surface area contributed by atoms with Crippen LogP contribution in [-0.4, -0.2) is 0 Å². The Balaban J connectivity index is 1.51. The number of fused-ring (bicyclic) bond motifs is 3. The lowest BCUT2D eigenvalue weighted by atomic mass is 9.94. The van der Waals surface area contributed by atoms with E-state index in [4.69, 9.17) is 4.42 Å². The summed E-state index contributed by atoms with van der Waals surface area (Å²) in [5.74, 6) is 0. The van der Waals surface area contributed by atoms with Crippen molar-refractivity contribution in [3.05, 3.63) is 121 Å². The highest BCUT2D eigenvalue weighted by atomic mass is 16.3. The number of furan rings is 1. The Kier molecular flexibility index (Phi) is 4.40. The number of benzene rings is 5. The first-order chi connectivity index (χ1) is 15.8. The number of hydrogen-bond acceptors (Lipinski definition) is 1. The molecule has 152 valence electrons. The first kappa shape index (κ1) is 18.7. The second-order valence-electron chi connectivity index (χ2n) is 8.26. The van der Waals surface area contributed by atoms with Gasteiger partial charge in [0.2, 0.25) is 0 Å². The maximum Gasteiger partial charge on any atom is 0.138 e. The average Bonchev–Trinajstić information content (AvgIpc) is 3.26. The van der Waals surface area contributed by atoms with E-state index in [0.717, 1.165) is 22.1 Å². The summed E-state index contributed by atoms with van der Waals surface area (Å²) < 4.78 is 6.22. The van der Waals surface area contributed by atoms with Gasteiger partial charge in [-0.15, -0.1) is 0 Å². The predicted octanol–water partition coefficient (Wildman–Crippen LogP) is 8.90. The van der Waals surface area contributed by atoms with Gasteiger partial charge in [0.15, 0.2) is 0 Å². The van der Waals surface area contributed by atoms with Crippen molar-refractivity contribution in [3.63, 3.8) is 0 Å². The number of hydrogen-bond donors (Lipinski definition) is 0. The maximum atomic E-state index is 6.22. The van der Waals surface area contributed by atoms with Crippen molar-refractivity contribution in [2.24, 2.45) is 0 Å². The molecule has 5 aromatic carbocycles. The molecule has 6 aromatic rings. The molecule has 0 radical (unpaired) electrons. The van der Waals surface area contributed by atoms with E-state index in [1.165, 1.54) is 38.8 Å². The maximum absolute atomic E-state index is 6.22. The molecule has 0 atom stereocenters. The molecular formula is C31H22O. The predicted molar refractivity (Wildman–Crippen MR) is 135 cm³/mol. The van der Waals surface area contributed by atoms with Crippen LogP contribution in [-0.2, 0) is 0 Å². The van der Waals surface area contributed by atoms with Gasteiger partial charge in [0.25, 0.3) is 0 Å². The molecule has 1 heterocycles. The molecule has 1 nitrogen and oxygen atoms in total. The molecule has 0 aliphatic rings. The number of aryl methyl sites for hydroxylation is 1. The van der Waals surface area contributed by atoms with Crippen LogP contribution in [0.4, 0.5) is 0 Å². The quantitative estimate of drug-likeness (QED) is 0.284. The van der Waals surface area contributed by atoms with E-state index in [0.29, 0.717) is 0 Å². The van der Waals surface area contributed by atoms with Gasteiger partial charge < -0.3 is 4.42 Å².